The molecule has 0 saturated carbocycles. The Morgan fingerprint density at radius 3 is 2.63 bits per heavy atom. The molecule has 1 aromatic carbocycles. The monoisotopic (exact) mass is 290 g/mol. The molecule has 0 spiro atoms. The molecule has 0 aliphatic rings. The van der Waals surface area contributed by atoms with E-state index in [4.69, 9.17) is 23.2 Å². The van der Waals surface area contributed by atoms with Crippen LogP contribution in [-0.4, -0.2) is 15.8 Å². The molecule has 94 valence electrons. The predicted molar refractivity (Wildman–Crippen MR) is 76.0 cm³/mol. The first-order chi connectivity index (χ1) is 9.18. The summed E-state index contributed by atoms with van der Waals surface area (Å²) in [6.07, 6.45) is 3.19. The third-order valence-corrected chi connectivity index (χ3v) is 3.53. The molecular formula is C14H8Cl2N2O. The number of hydrogen-bond donors (Lipinski definition) is 1. The van der Waals surface area contributed by atoms with Crippen LogP contribution in [-0.2, 0) is 0 Å². The number of rotatable bonds is 2. The smallest absolute Gasteiger partial charge is 0.196 e. The molecule has 3 rings (SSSR count). The third-order valence-electron chi connectivity index (χ3n) is 2.89. The number of fused-ring (bicyclic) bond motifs is 1. The molecule has 0 aliphatic carbocycles. The lowest BCUT2D eigenvalue weighted by molar-refractivity contribution is 0.104. The fourth-order valence-electron chi connectivity index (χ4n) is 1.99. The van der Waals surface area contributed by atoms with Crippen molar-refractivity contribution in [2.24, 2.45) is 0 Å². The Hall–Kier alpha value is -1.84. The van der Waals surface area contributed by atoms with E-state index in [0.717, 1.165) is 0 Å². The van der Waals surface area contributed by atoms with Crippen LogP contribution >= 0.6 is 23.2 Å². The van der Waals surface area contributed by atoms with Crippen molar-refractivity contribution in [1.82, 2.24) is 9.97 Å². The summed E-state index contributed by atoms with van der Waals surface area (Å²) in [5.41, 5.74) is 1.51. The number of aromatic amines is 1. The number of carbonyl (C=O) groups is 1. The number of ketones is 1. The van der Waals surface area contributed by atoms with Crippen LogP contribution in [0, 0.1) is 0 Å². The number of pyridine rings is 1. The first kappa shape index (κ1) is 12.2. The van der Waals surface area contributed by atoms with Crippen molar-refractivity contribution in [1.29, 1.82) is 0 Å². The quantitative estimate of drug-likeness (QED) is 0.722. The minimum absolute atomic E-state index is 0.174. The highest BCUT2D eigenvalue weighted by molar-refractivity contribution is 6.38. The van der Waals surface area contributed by atoms with Crippen LogP contribution in [0.25, 0.3) is 11.0 Å². The number of halogens is 2. The molecule has 2 heterocycles. The van der Waals surface area contributed by atoms with Crippen molar-refractivity contribution in [2.45, 2.75) is 0 Å². The van der Waals surface area contributed by atoms with Gasteiger partial charge in [-0.05, 0) is 18.2 Å². The van der Waals surface area contributed by atoms with E-state index in [2.05, 4.69) is 9.97 Å². The molecular weight excluding hydrogens is 283 g/mol. The summed E-state index contributed by atoms with van der Waals surface area (Å²) in [6.45, 7) is 0. The van der Waals surface area contributed by atoms with Crippen molar-refractivity contribution in [3.63, 3.8) is 0 Å². The number of aromatic nitrogens is 2. The minimum Gasteiger partial charge on any atom is -0.345 e. The normalized spacial score (nSPS) is 10.8. The van der Waals surface area contributed by atoms with E-state index in [1.54, 1.807) is 42.7 Å². The van der Waals surface area contributed by atoms with Crippen LogP contribution in [0.5, 0.6) is 0 Å². The average Bonchev–Trinajstić information content (AvgIpc) is 2.84. The standard InChI is InChI=1S/C14H8Cl2N2O/c15-10-4-2-1-3-8(10)13(19)9-7-18-14-12(9)11(16)5-6-17-14/h1-7H,(H,17,18). The molecule has 3 aromatic rings. The van der Waals surface area contributed by atoms with E-state index in [-0.39, 0.29) is 5.78 Å². The molecule has 0 radical (unpaired) electrons. The van der Waals surface area contributed by atoms with Crippen molar-refractivity contribution >= 4 is 40.0 Å². The second-order valence-corrected chi connectivity index (χ2v) is 4.84. The molecule has 5 heteroatoms. The van der Waals surface area contributed by atoms with E-state index >= 15 is 0 Å². The highest BCUT2D eigenvalue weighted by Crippen LogP contribution is 2.28. The van der Waals surface area contributed by atoms with Crippen LogP contribution in [0.3, 0.4) is 0 Å². The van der Waals surface area contributed by atoms with E-state index in [0.29, 0.717) is 32.2 Å². The van der Waals surface area contributed by atoms with E-state index < -0.39 is 0 Å². The number of benzene rings is 1. The lowest BCUT2D eigenvalue weighted by Crippen LogP contribution is -2.01. The molecule has 1 N–H and O–H groups in total. The van der Waals surface area contributed by atoms with Gasteiger partial charge in [0, 0.05) is 23.3 Å². The van der Waals surface area contributed by atoms with Crippen molar-refractivity contribution < 1.29 is 4.79 Å². The van der Waals surface area contributed by atoms with E-state index in [9.17, 15) is 4.79 Å². The van der Waals surface area contributed by atoms with Gasteiger partial charge in [-0.1, -0.05) is 35.3 Å². The maximum absolute atomic E-state index is 12.5. The van der Waals surface area contributed by atoms with Gasteiger partial charge in [0.05, 0.1) is 15.6 Å². The summed E-state index contributed by atoms with van der Waals surface area (Å²) in [7, 11) is 0. The Kier molecular flexibility index (Phi) is 3.01. The Balaban J connectivity index is 2.21. The van der Waals surface area contributed by atoms with Gasteiger partial charge in [-0.25, -0.2) is 4.98 Å². The molecule has 0 bridgehead atoms. The summed E-state index contributed by atoms with van der Waals surface area (Å²) < 4.78 is 0. The zero-order valence-electron chi connectivity index (χ0n) is 9.65. The van der Waals surface area contributed by atoms with Gasteiger partial charge < -0.3 is 4.98 Å². The van der Waals surface area contributed by atoms with Gasteiger partial charge in [0.2, 0.25) is 0 Å². The van der Waals surface area contributed by atoms with Crippen LogP contribution in [0.2, 0.25) is 10.0 Å². The number of nitrogens with one attached hydrogen (secondary N) is 1. The topological polar surface area (TPSA) is 45.8 Å². The van der Waals surface area contributed by atoms with Crippen LogP contribution < -0.4 is 0 Å². The average molecular weight is 291 g/mol. The summed E-state index contributed by atoms with van der Waals surface area (Å²) >= 11 is 12.2. The Bertz CT molecular complexity index is 780. The molecule has 0 fully saturated rings. The summed E-state index contributed by atoms with van der Waals surface area (Å²) in [6, 6.07) is 8.58. The first-order valence-corrected chi connectivity index (χ1v) is 6.35. The maximum atomic E-state index is 12.5. The lowest BCUT2D eigenvalue weighted by atomic mass is 10.0. The largest absolute Gasteiger partial charge is 0.345 e. The second kappa shape index (κ2) is 4.68. The van der Waals surface area contributed by atoms with Crippen LogP contribution in [0.15, 0.2) is 42.7 Å². The Morgan fingerprint density at radius 1 is 1.05 bits per heavy atom. The molecule has 2 aromatic heterocycles. The van der Waals surface area contributed by atoms with E-state index in [1.165, 1.54) is 0 Å². The van der Waals surface area contributed by atoms with E-state index in [1.807, 2.05) is 0 Å². The van der Waals surface area contributed by atoms with Crippen molar-refractivity contribution in [3.8, 4) is 0 Å². The van der Waals surface area contributed by atoms with Crippen LogP contribution in [0.1, 0.15) is 15.9 Å². The molecule has 0 aliphatic heterocycles. The first-order valence-electron chi connectivity index (χ1n) is 5.59. The van der Waals surface area contributed by atoms with Gasteiger partial charge in [0.15, 0.2) is 5.78 Å². The number of H-pyrrole nitrogens is 1. The zero-order chi connectivity index (χ0) is 13.4. The molecule has 0 amide bonds. The minimum atomic E-state index is -0.174. The number of carbonyl (C=O) groups excluding carboxylic acids is 1. The SMILES string of the molecule is O=C(c1ccccc1Cl)c1c[nH]c2nccc(Cl)c12. The third kappa shape index (κ3) is 2.01. The molecule has 19 heavy (non-hydrogen) atoms. The fraction of sp³-hybridized carbons (Fsp3) is 0. The summed E-state index contributed by atoms with van der Waals surface area (Å²) in [4.78, 5) is 19.6. The molecule has 3 nitrogen and oxygen atoms in total. The Labute approximate surface area is 119 Å². The maximum Gasteiger partial charge on any atom is 0.196 e. The summed E-state index contributed by atoms with van der Waals surface area (Å²) in [5.74, 6) is -0.174. The fourth-order valence-corrected chi connectivity index (χ4v) is 2.46. The highest BCUT2D eigenvalue weighted by atomic mass is 35.5. The Morgan fingerprint density at radius 2 is 1.84 bits per heavy atom. The molecule has 0 atom stereocenters. The number of nitrogens with zero attached hydrogens (tertiary/aromatic N) is 1. The van der Waals surface area contributed by atoms with Gasteiger partial charge in [-0.15, -0.1) is 0 Å². The van der Waals surface area contributed by atoms with Crippen molar-refractivity contribution in [2.75, 3.05) is 0 Å². The number of hydrogen-bond acceptors (Lipinski definition) is 2. The highest BCUT2D eigenvalue weighted by Gasteiger charge is 2.18. The summed E-state index contributed by atoms with van der Waals surface area (Å²) in [5, 5.41) is 1.53. The van der Waals surface area contributed by atoms with Gasteiger partial charge in [0.1, 0.15) is 5.65 Å². The van der Waals surface area contributed by atoms with Crippen molar-refractivity contribution in [3.05, 3.63) is 63.9 Å². The molecule has 0 saturated heterocycles. The van der Waals surface area contributed by atoms with Gasteiger partial charge in [0.25, 0.3) is 0 Å². The predicted octanol–water partition coefficient (Wildman–Crippen LogP) is 4.10. The van der Waals surface area contributed by atoms with Crippen LogP contribution in [0.4, 0.5) is 0 Å². The van der Waals surface area contributed by atoms with Gasteiger partial charge in [-0.2, -0.15) is 0 Å². The van der Waals surface area contributed by atoms with Gasteiger partial charge in [-0.3, -0.25) is 4.79 Å². The zero-order valence-corrected chi connectivity index (χ0v) is 11.2. The molecule has 0 unspecified atom stereocenters. The lowest BCUT2D eigenvalue weighted by Gasteiger charge is -2.02. The second-order valence-electron chi connectivity index (χ2n) is 4.03. The van der Waals surface area contributed by atoms with Gasteiger partial charge >= 0.3 is 0 Å².